The van der Waals surface area contributed by atoms with Gasteiger partial charge in [-0.25, -0.2) is 4.79 Å². The molecule has 2 amide bonds. The normalized spacial score (nSPS) is 9.69. The first kappa shape index (κ1) is 12.3. The van der Waals surface area contributed by atoms with Gasteiger partial charge in [-0.05, 0) is 12.1 Å². The molecule has 1 aromatic carbocycles. The maximum atomic E-state index is 11.7. The average Bonchev–Trinajstić information content (AvgIpc) is 2.30. The summed E-state index contributed by atoms with van der Waals surface area (Å²) >= 11 is 0. The quantitative estimate of drug-likeness (QED) is 0.803. The van der Waals surface area contributed by atoms with Crippen LogP contribution < -0.4 is 15.8 Å². The fourth-order valence-electron chi connectivity index (χ4n) is 1.25. The minimum Gasteiger partial charge on any atom is -0.495 e. The van der Waals surface area contributed by atoms with Crippen LogP contribution in [0, 0.1) is 0 Å². The number of methoxy groups -OCH3 is 1. The Morgan fingerprint density at radius 3 is 2.81 bits per heavy atom. The summed E-state index contributed by atoms with van der Waals surface area (Å²) in [6.45, 7) is 0.955. The van der Waals surface area contributed by atoms with E-state index in [-0.39, 0.29) is 6.03 Å². The lowest BCUT2D eigenvalue weighted by Gasteiger charge is -2.17. The summed E-state index contributed by atoms with van der Waals surface area (Å²) in [6, 6.07) is 7.06. The van der Waals surface area contributed by atoms with Crippen molar-refractivity contribution in [3.05, 3.63) is 24.3 Å². The van der Waals surface area contributed by atoms with E-state index in [4.69, 9.17) is 10.5 Å². The van der Waals surface area contributed by atoms with Gasteiger partial charge >= 0.3 is 6.03 Å². The molecule has 0 bridgehead atoms. The first-order valence-electron chi connectivity index (χ1n) is 5.04. The molecule has 1 aromatic rings. The Bertz CT molecular complexity index is 355. The van der Waals surface area contributed by atoms with Gasteiger partial charge in [0.15, 0.2) is 0 Å². The molecule has 0 aliphatic rings. The number of ether oxygens (including phenoxy) is 1. The standard InChI is InChI=1S/C11H17N3O2/c1-14(8-7-12)11(15)13-9-5-3-4-6-10(9)16-2/h3-6H,7-8,12H2,1-2H3,(H,13,15). The van der Waals surface area contributed by atoms with Crippen molar-refractivity contribution in [1.82, 2.24) is 4.90 Å². The average molecular weight is 223 g/mol. The number of anilines is 1. The molecular formula is C11H17N3O2. The number of hydrogen-bond donors (Lipinski definition) is 2. The first-order valence-corrected chi connectivity index (χ1v) is 5.04. The topological polar surface area (TPSA) is 67.6 Å². The molecule has 3 N–H and O–H groups in total. The smallest absolute Gasteiger partial charge is 0.321 e. The molecular weight excluding hydrogens is 206 g/mol. The largest absolute Gasteiger partial charge is 0.495 e. The van der Waals surface area contributed by atoms with Crippen LogP contribution in [0.25, 0.3) is 0 Å². The van der Waals surface area contributed by atoms with E-state index in [9.17, 15) is 4.79 Å². The van der Waals surface area contributed by atoms with Crippen molar-refractivity contribution < 1.29 is 9.53 Å². The number of para-hydroxylation sites is 2. The van der Waals surface area contributed by atoms with Crippen molar-refractivity contribution in [2.75, 3.05) is 32.6 Å². The van der Waals surface area contributed by atoms with Crippen LogP contribution in [0.15, 0.2) is 24.3 Å². The number of carbonyl (C=O) groups is 1. The highest BCUT2D eigenvalue weighted by molar-refractivity contribution is 5.90. The van der Waals surface area contributed by atoms with E-state index >= 15 is 0 Å². The van der Waals surface area contributed by atoms with Gasteiger partial charge in [0.2, 0.25) is 0 Å². The van der Waals surface area contributed by atoms with E-state index in [0.29, 0.717) is 24.5 Å². The molecule has 5 heteroatoms. The zero-order chi connectivity index (χ0) is 12.0. The molecule has 0 saturated carbocycles. The van der Waals surface area contributed by atoms with Gasteiger partial charge < -0.3 is 20.7 Å². The van der Waals surface area contributed by atoms with Gasteiger partial charge in [0.1, 0.15) is 5.75 Å². The Morgan fingerprint density at radius 1 is 1.50 bits per heavy atom. The Hall–Kier alpha value is -1.75. The zero-order valence-corrected chi connectivity index (χ0v) is 9.56. The number of nitrogens with one attached hydrogen (secondary N) is 1. The van der Waals surface area contributed by atoms with Crippen molar-refractivity contribution in [2.45, 2.75) is 0 Å². The summed E-state index contributed by atoms with van der Waals surface area (Å²) in [7, 11) is 3.26. The molecule has 0 radical (unpaired) electrons. The lowest BCUT2D eigenvalue weighted by Crippen LogP contribution is -2.35. The number of rotatable bonds is 4. The van der Waals surface area contributed by atoms with E-state index in [1.54, 1.807) is 26.3 Å². The summed E-state index contributed by atoms with van der Waals surface area (Å²) < 4.78 is 5.13. The molecule has 0 atom stereocenters. The van der Waals surface area contributed by atoms with E-state index in [1.165, 1.54) is 4.90 Å². The third-order valence-electron chi connectivity index (χ3n) is 2.16. The summed E-state index contributed by atoms with van der Waals surface area (Å²) in [5.41, 5.74) is 6.02. The maximum Gasteiger partial charge on any atom is 0.321 e. The van der Waals surface area contributed by atoms with Crippen LogP contribution in [0.2, 0.25) is 0 Å². The Labute approximate surface area is 95.2 Å². The lowest BCUT2D eigenvalue weighted by molar-refractivity contribution is 0.223. The number of benzene rings is 1. The molecule has 0 unspecified atom stereocenters. The highest BCUT2D eigenvalue weighted by atomic mass is 16.5. The summed E-state index contributed by atoms with van der Waals surface area (Å²) in [4.78, 5) is 13.2. The van der Waals surface area contributed by atoms with Crippen LogP contribution in [-0.4, -0.2) is 38.2 Å². The second-order valence-corrected chi connectivity index (χ2v) is 3.34. The van der Waals surface area contributed by atoms with Crippen molar-refractivity contribution >= 4 is 11.7 Å². The second kappa shape index (κ2) is 5.97. The Morgan fingerprint density at radius 2 is 2.19 bits per heavy atom. The molecule has 16 heavy (non-hydrogen) atoms. The summed E-state index contributed by atoms with van der Waals surface area (Å²) in [5.74, 6) is 0.636. The molecule has 0 aromatic heterocycles. The molecule has 88 valence electrons. The van der Waals surface area contributed by atoms with Gasteiger partial charge in [0.25, 0.3) is 0 Å². The van der Waals surface area contributed by atoms with Crippen LogP contribution in [0.1, 0.15) is 0 Å². The van der Waals surface area contributed by atoms with Crippen molar-refractivity contribution in [2.24, 2.45) is 5.73 Å². The Kier molecular flexibility index (Phi) is 4.60. The number of urea groups is 1. The van der Waals surface area contributed by atoms with Gasteiger partial charge in [-0.3, -0.25) is 0 Å². The van der Waals surface area contributed by atoms with Crippen LogP contribution in [0.4, 0.5) is 10.5 Å². The fraction of sp³-hybridized carbons (Fsp3) is 0.364. The minimum absolute atomic E-state index is 0.199. The predicted molar refractivity (Wildman–Crippen MR) is 63.7 cm³/mol. The Balaban J connectivity index is 2.69. The lowest BCUT2D eigenvalue weighted by atomic mass is 10.3. The van der Waals surface area contributed by atoms with Gasteiger partial charge in [-0.1, -0.05) is 12.1 Å². The van der Waals surface area contributed by atoms with Crippen molar-refractivity contribution in [1.29, 1.82) is 0 Å². The van der Waals surface area contributed by atoms with Gasteiger partial charge in [0, 0.05) is 20.1 Å². The third-order valence-corrected chi connectivity index (χ3v) is 2.16. The molecule has 1 rings (SSSR count). The molecule has 0 saturated heterocycles. The number of likely N-dealkylation sites (N-methyl/N-ethyl adjacent to an activating group) is 1. The second-order valence-electron chi connectivity index (χ2n) is 3.34. The van der Waals surface area contributed by atoms with Crippen LogP contribution in [0.3, 0.4) is 0 Å². The zero-order valence-electron chi connectivity index (χ0n) is 9.56. The number of carbonyl (C=O) groups excluding carboxylic acids is 1. The van der Waals surface area contributed by atoms with Crippen molar-refractivity contribution in [3.8, 4) is 5.75 Å². The SMILES string of the molecule is COc1ccccc1NC(=O)N(C)CCN. The van der Waals surface area contributed by atoms with E-state index < -0.39 is 0 Å². The molecule has 5 nitrogen and oxygen atoms in total. The number of hydrogen-bond acceptors (Lipinski definition) is 3. The van der Waals surface area contributed by atoms with E-state index in [0.717, 1.165) is 0 Å². The van der Waals surface area contributed by atoms with Crippen LogP contribution in [0.5, 0.6) is 5.75 Å². The van der Waals surface area contributed by atoms with E-state index in [2.05, 4.69) is 5.32 Å². The van der Waals surface area contributed by atoms with Crippen LogP contribution in [-0.2, 0) is 0 Å². The molecule has 0 spiro atoms. The third kappa shape index (κ3) is 3.13. The van der Waals surface area contributed by atoms with Gasteiger partial charge in [-0.2, -0.15) is 0 Å². The molecule has 0 aliphatic carbocycles. The highest BCUT2D eigenvalue weighted by Gasteiger charge is 2.09. The van der Waals surface area contributed by atoms with Gasteiger partial charge in [0.05, 0.1) is 12.8 Å². The predicted octanol–water partition coefficient (Wildman–Crippen LogP) is 1.12. The fourth-order valence-corrected chi connectivity index (χ4v) is 1.25. The number of nitrogens with zero attached hydrogens (tertiary/aromatic N) is 1. The monoisotopic (exact) mass is 223 g/mol. The van der Waals surface area contributed by atoms with E-state index in [1.807, 2.05) is 12.1 Å². The maximum absolute atomic E-state index is 11.7. The van der Waals surface area contributed by atoms with Crippen LogP contribution >= 0.6 is 0 Å². The highest BCUT2D eigenvalue weighted by Crippen LogP contribution is 2.23. The van der Waals surface area contributed by atoms with Gasteiger partial charge in [-0.15, -0.1) is 0 Å². The first-order chi connectivity index (χ1) is 7.69. The number of amides is 2. The molecule has 0 fully saturated rings. The summed E-state index contributed by atoms with van der Waals surface area (Å²) in [5, 5.41) is 2.75. The molecule has 0 heterocycles. The summed E-state index contributed by atoms with van der Waals surface area (Å²) in [6.07, 6.45) is 0. The molecule has 0 aliphatic heterocycles. The number of nitrogens with two attached hydrogens (primary N) is 1. The van der Waals surface area contributed by atoms with Crippen molar-refractivity contribution in [3.63, 3.8) is 0 Å². The minimum atomic E-state index is -0.199.